The fourth-order valence-corrected chi connectivity index (χ4v) is 1.98. The summed E-state index contributed by atoms with van der Waals surface area (Å²) in [6.45, 7) is 3.92. The molecule has 2 aromatic rings. The van der Waals surface area contributed by atoms with E-state index < -0.39 is 17.2 Å². The third kappa shape index (κ3) is 2.79. The van der Waals surface area contributed by atoms with Gasteiger partial charge >= 0.3 is 5.69 Å². The molecule has 0 saturated carbocycles. The molecule has 0 bridgehead atoms. The summed E-state index contributed by atoms with van der Waals surface area (Å²) in [5.41, 5.74) is 1.62. The number of rotatable bonds is 2. The number of aryl methyl sites for hydroxylation is 3. The molecule has 1 aromatic carbocycles. The highest BCUT2D eigenvalue weighted by atomic mass is 16.2. The van der Waals surface area contributed by atoms with Gasteiger partial charge in [-0.25, -0.2) is 4.79 Å². The summed E-state index contributed by atoms with van der Waals surface area (Å²) < 4.78 is 2.12. The maximum absolute atomic E-state index is 12.2. The van der Waals surface area contributed by atoms with Crippen LogP contribution in [0.4, 0.5) is 5.69 Å². The number of carbonyl (C=O) groups is 1. The second-order valence-electron chi connectivity index (χ2n) is 5.05. The van der Waals surface area contributed by atoms with Crippen molar-refractivity contribution in [2.75, 3.05) is 5.32 Å². The molecule has 2 rings (SSSR count). The molecule has 110 valence electrons. The number of hydrogen-bond acceptors (Lipinski definition) is 3. The third-order valence-electron chi connectivity index (χ3n) is 3.46. The van der Waals surface area contributed by atoms with Gasteiger partial charge in [-0.05, 0) is 37.1 Å². The topological polar surface area (TPSA) is 73.1 Å². The first kappa shape index (κ1) is 14.8. The molecule has 0 unspecified atom stereocenters. The molecule has 0 spiro atoms. The van der Waals surface area contributed by atoms with Crippen molar-refractivity contribution in [3.63, 3.8) is 0 Å². The lowest BCUT2D eigenvalue weighted by molar-refractivity contribution is 0.102. The lowest BCUT2D eigenvalue weighted by Crippen LogP contribution is -2.40. The summed E-state index contributed by atoms with van der Waals surface area (Å²) in [5, 5.41) is 2.67. The first-order chi connectivity index (χ1) is 9.81. The predicted molar refractivity (Wildman–Crippen MR) is 80.8 cm³/mol. The van der Waals surface area contributed by atoms with Gasteiger partial charge in [-0.3, -0.25) is 14.2 Å². The quantitative estimate of drug-likeness (QED) is 0.894. The second-order valence-corrected chi connectivity index (χ2v) is 5.05. The van der Waals surface area contributed by atoms with E-state index in [0.29, 0.717) is 5.69 Å². The van der Waals surface area contributed by atoms with Gasteiger partial charge in [0.2, 0.25) is 0 Å². The van der Waals surface area contributed by atoms with Crippen molar-refractivity contribution in [1.82, 2.24) is 9.13 Å². The average Bonchev–Trinajstić information content (AvgIpc) is 2.44. The fraction of sp³-hybridized carbons (Fsp3) is 0.267. The second kappa shape index (κ2) is 5.40. The van der Waals surface area contributed by atoms with Gasteiger partial charge in [-0.1, -0.05) is 6.07 Å². The minimum absolute atomic E-state index is 0.0715. The van der Waals surface area contributed by atoms with Crippen molar-refractivity contribution < 1.29 is 4.79 Å². The van der Waals surface area contributed by atoms with Crippen LogP contribution in [-0.4, -0.2) is 15.0 Å². The van der Waals surface area contributed by atoms with E-state index in [1.54, 1.807) is 6.07 Å². The molecule has 6 nitrogen and oxygen atoms in total. The number of benzene rings is 1. The molecule has 1 aromatic heterocycles. The molecule has 0 saturated heterocycles. The van der Waals surface area contributed by atoms with Gasteiger partial charge in [0.05, 0.1) is 0 Å². The molecule has 0 aliphatic rings. The van der Waals surface area contributed by atoms with Crippen molar-refractivity contribution in [2.45, 2.75) is 13.8 Å². The number of amides is 1. The zero-order chi connectivity index (χ0) is 15.7. The van der Waals surface area contributed by atoms with Gasteiger partial charge in [-0.15, -0.1) is 0 Å². The molecule has 0 atom stereocenters. The highest BCUT2D eigenvalue weighted by Gasteiger charge is 2.15. The number of anilines is 1. The normalized spacial score (nSPS) is 10.5. The SMILES string of the molecule is Cc1ccc(NC(=O)c2cn(C)c(=O)n(C)c2=O)cc1C. The average molecular weight is 287 g/mol. The summed E-state index contributed by atoms with van der Waals surface area (Å²) in [6, 6.07) is 5.50. The van der Waals surface area contributed by atoms with E-state index in [-0.39, 0.29) is 5.56 Å². The molecule has 1 N–H and O–H groups in total. The number of hydrogen-bond donors (Lipinski definition) is 1. The molecule has 6 heteroatoms. The van der Waals surface area contributed by atoms with E-state index in [2.05, 4.69) is 5.32 Å². The molecule has 0 fully saturated rings. The van der Waals surface area contributed by atoms with E-state index in [1.165, 1.54) is 24.9 Å². The van der Waals surface area contributed by atoms with Crippen LogP contribution in [0.25, 0.3) is 0 Å². The van der Waals surface area contributed by atoms with Crippen molar-refractivity contribution in [1.29, 1.82) is 0 Å². The number of carbonyl (C=O) groups excluding carboxylic acids is 1. The monoisotopic (exact) mass is 287 g/mol. The van der Waals surface area contributed by atoms with Crippen molar-refractivity contribution in [3.8, 4) is 0 Å². The van der Waals surface area contributed by atoms with E-state index >= 15 is 0 Å². The summed E-state index contributed by atoms with van der Waals surface area (Å²) >= 11 is 0. The summed E-state index contributed by atoms with van der Waals surface area (Å²) in [5.74, 6) is -0.533. The Balaban J connectivity index is 2.39. The Morgan fingerprint density at radius 3 is 2.38 bits per heavy atom. The number of nitrogens with one attached hydrogen (secondary N) is 1. The van der Waals surface area contributed by atoms with Crippen LogP contribution in [0.5, 0.6) is 0 Å². The summed E-state index contributed by atoms with van der Waals surface area (Å²) in [6.07, 6.45) is 1.25. The number of nitrogens with zero attached hydrogens (tertiary/aromatic N) is 2. The molecule has 0 radical (unpaired) electrons. The Labute approximate surface area is 121 Å². The molecular formula is C15H17N3O3. The van der Waals surface area contributed by atoms with Gasteiger partial charge in [0, 0.05) is 26.0 Å². The molecule has 21 heavy (non-hydrogen) atoms. The minimum Gasteiger partial charge on any atom is -0.322 e. The third-order valence-corrected chi connectivity index (χ3v) is 3.46. The smallest absolute Gasteiger partial charge is 0.322 e. The minimum atomic E-state index is -0.612. The Morgan fingerprint density at radius 2 is 1.76 bits per heavy atom. The van der Waals surface area contributed by atoms with Crippen LogP contribution in [0, 0.1) is 13.8 Å². The standard InChI is InChI=1S/C15H17N3O3/c1-9-5-6-11(7-10(9)2)16-13(19)12-8-17(3)15(21)18(4)14(12)20/h5-8H,1-4H3,(H,16,19). The molecule has 0 aliphatic carbocycles. The van der Waals surface area contributed by atoms with Gasteiger partial charge in [0.25, 0.3) is 11.5 Å². The maximum atomic E-state index is 12.2. The van der Waals surface area contributed by atoms with Crippen LogP contribution in [-0.2, 0) is 14.1 Å². The van der Waals surface area contributed by atoms with Crippen LogP contribution in [0.3, 0.4) is 0 Å². The summed E-state index contributed by atoms with van der Waals surface area (Å²) in [4.78, 5) is 35.8. The van der Waals surface area contributed by atoms with Gasteiger partial charge in [0.15, 0.2) is 0 Å². The van der Waals surface area contributed by atoms with Crippen LogP contribution in [0.1, 0.15) is 21.5 Å². The van der Waals surface area contributed by atoms with E-state index in [0.717, 1.165) is 15.7 Å². The van der Waals surface area contributed by atoms with Crippen LogP contribution < -0.4 is 16.6 Å². The Bertz CT molecular complexity index is 831. The fourth-order valence-electron chi connectivity index (χ4n) is 1.98. The van der Waals surface area contributed by atoms with E-state index in [4.69, 9.17) is 0 Å². The van der Waals surface area contributed by atoms with Gasteiger partial charge in [-0.2, -0.15) is 0 Å². The molecule has 1 amide bonds. The summed E-state index contributed by atoms with van der Waals surface area (Å²) in [7, 11) is 2.84. The van der Waals surface area contributed by atoms with Crippen LogP contribution >= 0.6 is 0 Å². The first-order valence-electron chi connectivity index (χ1n) is 6.46. The van der Waals surface area contributed by atoms with Gasteiger partial charge < -0.3 is 9.88 Å². The highest BCUT2D eigenvalue weighted by Crippen LogP contribution is 2.14. The zero-order valence-corrected chi connectivity index (χ0v) is 12.4. The Hall–Kier alpha value is -2.63. The van der Waals surface area contributed by atoms with Gasteiger partial charge in [0.1, 0.15) is 5.56 Å². The van der Waals surface area contributed by atoms with Crippen molar-refractivity contribution in [3.05, 3.63) is 61.9 Å². The van der Waals surface area contributed by atoms with Crippen LogP contribution in [0.2, 0.25) is 0 Å². The molecule has 1 heterocycles. The zero-order valence-electron chi connectivity index (χ0n) is 12.4. The number of aromatic nitrogens is 2. The predicted octanol–water partition coefficient (Wildman–Crippen LogP) is 0.953. The Kier molecular flexibility index (Phi) is 3.80. The lowest BCUT2D eigenvalue weighted by Gasteiger charge is -2.09. The van der Waals surface area contributed by atoms with Crippen molar-refractivity contribution >= 4 is 11.6 Å². The lowest BCUT2D eigenvalue weighted by atomic mass is 10.1. The highest BCUT2D eigenvalue weighted by molar-refractivity contribution is 6.03. The molecule has 0 aliphatic heterocycles. The van der Waals surface area contributed by atoms with E-state index in [1.807, 2.05) is 26.0 Å². The van der Waals surface area contributed by atoms with Crippen LogP contribution in [0.15, 0.2) is 34.0 Å². The van der Waals surface area contributed by atoms with Crippen molar-refractivity contribution in [2.24, 2.45) is 14.1 Å². The van der Waals surface area contributed by atoms with E-state index in [9.17, 15) is 14.4 Å². The first-order valence-corrected chi connectivity index (χ1v) is 6.46. The largest absolute Gasteiger partial charge is 0.330 e. The Morgan fingerprint density at radius 1 is 1.10 bits per heavy atom. The maximum Gasteiger partial charge on any atom is 0.330 e. The molecular weight excluding hydrogens is 270 g/mol.